The summed E-state index contributed by atoms with van der Waals surface area (Å²) in [5.74, 6) is -0.656. The third-order valence-corrected chi connectivity index (χ3v) is 2.47. The molecule has 0 bridgehead atoms. The van der Waals surface area contributed by atoms with Gasteiger partial charge in [0.05, 0.1) is 24.3 Å². The van der Waals surface area contributed by atoms with E-state index in [-0.39, 0.29) is 36.4 Å². The largest absolute Gasteiger partial charge is 0.466 e. The molecule has 7 heteroatoms. The molecular formula is C12H13F2N3O2. The summed E-state index contributed by atoms with van der Waals surface area (Å²) in [7, 11) is 0. The van der Waals surface area contributed by atoms with Crippen LogP contribution >= 0.6 is 0 Å². The van der Waals surface area contributed by atoms with Gasteiger partial charge in [0.2, 0.25) is 0 Å². The van der Waals surface area contributed by atoms with Crippen LogP contribution in [0.4, 0.5) is 8.78 Å². The fourth-order valence-electron chi connectivity index (χ4n) is 1.68. The zero-order valence-corrected chi connectivity index (χ0v) is 10.3. The second kappa shape index (κ2) is 6.75. The maximum absolute atomic E-state index is 13.1. The van der Waals surface area contributed by atoms with Gasteiger partial charge < -0.3 is 10.5 Å². The lowest BCUT2D eigenvalue weighted by Crippen LogP contribution is -2.16. The number of nitrogens with zero attached hydrogens (tertiary/aromatic N) is 2. The molecule has 0 aromatic carbocycles. The minimum Gasteiger partial charge on any atom is -0.466 e. The molecule has 1 heterocycles. The van der Waals surface area contributed by atoms with Crippen LogP contribution in [0.25, 0.3) is 0 Å². The molecule has 0 radical (unpaired) electrons. The van der Waals surface area contributed by atoms with Crippen molar-refractivity contribution in [2.45, 2.75) is 26.3 Å². The Morgan fingerprint density at radius 3 is 2.79 bits per heavy atom. The van der Waals surface area contributed by atoms with Gasteiger partial charge in [0.1, 0.15) is 6.07 Å². The van der Waals surface area contributed by atoms with Crippen molar-refractivity contribution < 1.29 is 18.3 Å². The number of halogens is 2. The number of nitrogens with two attached hydrogens (primary N) is 1. The smallest absolute Gasteiger partial charge is 0.310 e. The number of pyridine rings is 1. The van der Waals surface area contributed by atoms with Gasteiger partial charge in [-0.05, 0) is 12.5 Å². The van der Waals surface area contributed by atoms with Crippen molar-refractivity contribution >= 4 is 5.97 Å². The van der Waals surface area contributed by atoms with Gasteiger partial charge >= 0.3 is 5.97 Å². The van der Waals surface area contributed by atoms with E-state index >= 15 is 0 Å². The summed E-state index contributed by atoms with van der Waals surface area (Å²) in [5, 5.41) is 8.82. The summed E-state index contributed by atoms with van der Waals surface area (Å²) in [4.78, 5) is 15.3. The van der Waals surface area contributed by atoms with Crippen molar-refractivity contribution in [3.05, 3.63) is 28.6 Å². The van der Waals surface area contributed by atoms with Crippen LogP contribution in [0.1, 0.15) is 35.7 Å². The number of carbonyl (C=O) groups excluding carboxylic acids is 1. The van der Waals surface area contributed by atoms with Gasteiger partial charge in [0.15, 0.2) is 0 Å². The van der Waals surface area contributed by atoms with Crippen molar-refractivity contribution in [1.82, 2.24) is 4.98 Å². The molecule has 0 aliphatic carbocycles. The quantitative estimate of drug-likeness (QED) is 0.817. The molecule has 0 spiro atoms. The summed E-state index contributed by atoms with van der Waals surface area (Å²) in [6.07, 6.45) is -2.21. The van der Waals surface area contributed by atoms with Gasteiger partial charge in [-0.2, -0.15) is 5.26 Å². The van der Waals surface area contributed by atoms with Crippen molar-refractivity contribution in [2.75, 3.05) is 6.61 Å². The maximum atomic E-state index is 13.1. The Bertz CT molecular complexity index is 512. The first-order valence-electron chi connectivity index (χ1n) is 5.59. The van der Waals surface area contributed by atoms with Gasteiger partial charge in [-0.15, -0.1) is 0 Å². The van der Waals surface area contributed by atoms with E-state index in [1.807, 2.05) is 0 Å². The highest BCUT2D eigenvalue weighted by molar-refractivity contribution is 5.74. The number of alkyl halides is 2. The standard InChI is InChI=1S/C12H13F2N3O2/c1-2-19-10(18)3-8-9(5-16)17-6-7(4-15)11(8)12(13)14/h6,12H,2-3,5,16H2,1H3. The number of nitriles is 1. The summed E-state index contributed by atoms with van der Waals surface area (Å²) < 4.78 is 30.8. The van der Waals surface area contributed by atoms with Gasteiger partial charge in [0.25, 0.3) is 6.43 Å². The van der Waals surface area contributed by atoms with Gasteiger partial charge in [-0.1, -0.05) is 0 Å². The molecule has 0 aliphatic rings. The Morgan fingerprint density at radius 2 is 2.32 bits per heavy atom. The molecule has 1 aromatic heterocycles. The minimum absolute atomic E-state index is 0.0185. The van der Waals surface area contributed by atoms with Crippen molar-refractivity contribution in [3.63, 3.8) is 0 Å². The first-order chi connectivity index (χ1) is 9.04. The van der Waals surface area contributed by atoms with Crippen molar-refractivity contribution in [3.8, 4) is 6.07 Å². The molecule has 2 N–H and O–H groups in total. The summed E-state index contributed by atoms with van der Waals surface area (Å²) in [5.41, 5.74) is 4.82. The Labute approximate surface area is 109 Å². The molecule has 0 atom stereocenters. The molecular weight excluding hydrogens is 256 g/mol. The highest BCUT2D eigenvalue weighted by atomic mass is 19.3. The summed E-state index contributed by atoms with van der Waals surface area (Å²) in [6, 6.07) is 1.64. The second-order valence-electron chi connectivity index (χ2n) is 3.61. The van der Waals surface area contributed by atoms with Crippen molar-refractivity contribution in [1.29, 1.82) is 5.26 Å². The molecule has 19 heavy (non-hydrogen) atoms. The number of rotatable bonds is 5. The fraction of sp³-hybridized carbons (Fsp3) is 0.417. The predicted octanol–water partition coefficient (Wildman–Crippen LogP) is 1.46. The van der Waals surface area contributed by atoms with E-state index in [1.54, 1.807) is 13.0 Å². The topological polar surface area (TPSA) is 89.0 Å². The highest BCUT2D eigenvalue weighted by Gasteiger charge is 2.23. The molecule has 0 unspecified atom stereocenters. The van der Waals surface area contributed by atoms with Crippen LogP contribution in [0.15, 0.2) is 6.20 Å². The van der Waals surface area contributed by atoms with Crippen LogP contribution in [0, 0.1) is 11.3 Å². The Morgan fingerprint density at radius 1 is 1.63 bits per heavy atom. The number of hydrogen-bond donors (Lipinski definition) is 1. The molecule has 0 saturated heterocycles. The van der Waals surface area contributed by atoms with Gasteiger partial charge in [0, 0.05) is 18.3 Å². The molecule has 1 rings (SSSR count). The van der Waals surface area contributed by atoms with E-state index in [0.717, 1.165) is 6.20 Å². The fourth-order valence-corrected chi connectivity index (χ4v) is 1.68. The Kier molecular flexibility index (Phi) is 5.33. The number of esters is 1. The van der Waals surface area contributed by atoms with Crippen LogP contribution in [0.3, 0.4) is 0 Å². The van der Waals surface area contributed by atoms with Gasteiger partial charge in [-0.25, -0.2) is 8.78 Å². The van der Waals surface area contributed by atoms with E-state index in [4.69, 9.17) is 15.7 Å². The lowest BCUT2D eigenvalue weighted by molar-refractivity contribution is -0.142. The van der Waals surface area contributed by atoms with Crippen LogP contribution in [0.5, 0.6) is 0 Å². The third kappa shape index (κ3) is 3.45. The van der Waals surface area contributed by atoms with E-state index in [1.165, 1.54) is 0 Å². The van der Waals surface area contributed by atoms with Crippen LogP contribution in [-0.2, 0) is 22.5 Å². The predicted molar refractivity (Wildman–Crippen MR) is 62.1 cm³/mol. The Hall–Kier alpha value is -2.07. The molecule has 0 fully saturated rings. The molecule has 0 aliphatic heterocycles. The lowest BCUT2D eigenvalue weighted by atomic mass is 9.99. The monoisotopic (exact) mass is 269 g/mol. The average molecular weight is 269 g/mol. The van der Waals surface area contributed by atoms with Crippen molar-refractivity contribution in [2.24, 2.45) is 5.73 Å². The lowest BCUT2D eigenvalue weighted by Gasteiger charge is -2.13. The van der Waals surface area contributed by atoms with E-state index in [0.29, 0.717) is 0 Å². The SMILES string of the molecule is CCOC(=O)Cc1c(CN)ncc(C#N)c1C(F)F. The summed E-state index contributed by atoms with van der Waals surface area (Å²) >= 11 is 0. The second-order valence-corrected chi connectivity index (χ2v) is 3.61. The van der Waals surface area contributed by atoms with E-state index in [2.05, 4.69) is 4.98 Å². The molecule has 5 nitrogen and oxygen atoms in total. The number of hydrogen-bond acceptors (Lipinski definition) is 5. The van der Waals surface area contributed by atoms with E-state index in [9.17, 15) is 13.6 Å². The third-order valence-electron chi connectivity index (χ3n) is 2.47. The van der Waals surface area contributed by atoms with E-state index < -0.39 is 18.0 Å². The molecule has 0 amide bonds. The van der Waals surface area contributed by atoms with Gasteiger partial charge in [-0.3, -0.25) is 9.78 Å². The normalized spacial score (nSPS) is 10.3. The number of ether oxygens (including phenoxy) is 1. The highest BCUT2D eigenvalue weighted by Crippen LogP contribution is 2.28. The summed E-state index contributed by atoms with van der Waals surface area (Å²) in [6.45, 7) is 1.66. The maximum Gasteiger partial charge on any atom is 0.310 e. The number of carbonyl (C=O) groups is 1. The molecule has 102 valence electrons. The first kappa shape index (κ1) is 15.0. The van der Waals surface area contributed by atoms with Crippen LogP contribution in [-0.4, -0.2) is 17.6 Å². The number of aromatic nitrogens is 1. The minimum atomic E-state index is -2.88. The molecule has 1 aromatic rings. The van der Waals surface area contributed by atoms with Crippen LogP contribution in [0.2, 0.25) is 0 Å². The molecule has 0 saturated carbocycles. The average Bonchev–Trinajstić information content (AvgIpc) is 2.37. The zero-order chi connectivity index (χ0) is 14.4. The first-order valence-corrected chi connectivity index (χ1v) is 5.59. The Balaban J connectivity index is 3.31. The zero-order valence-electron chi connectivity index (χ0n) is 10.3. The van der Waals surface area contributed by atoms with Crippen LogP contribution < -0.4 is 5.73 Å².